The Balaban J connectivity index is 2.41. The van der Waals surface area contributed by atoms with E-state index < -0.39 is 0 Å². The molecule has 0 saturated heterocycles. The van der Waals surface area contributed by atoms with Crippen molar-refractivity contribution in [3.8, 4) is 12.1 Å². The minimum absolute atomic E-state index is 0.0380. The van der Waals surface area contributed by atoms with Crippen LogP contribution in [0.4, 0.5) is 5.69 Å². The van der Waals surface area contributed by atoms with Crippen LogP contribution in [0.5, 0.6) is 0 Å². The Morgan fingerprint density at radius 3 is 2.82 bits per heavy atom. The van der Waals surface area contributed by atoms with Gasteiger partial charge in [-0.05, 0) is 12.1 Å². The number of nitriles is 2. The second kappa shape index (κ2) is 4.78. The predicted molar refractivity (Wildman–Crippen MR) is 64.7 cm³/mol. The lowest BCUT2D eigenvalue weighted by atomic mass is 10.1. The molecule has 2 aromatic rings. The lowest BCUT2D eigenvalue weighted by molar-refractivity contribution is 1.36. The van der Waals surface area contributed by atoms with Crippen molar-refractivity contribution < 1.29 is 0 Å². The summed E-state index contributed by atoms with van der Waals surface area (Å²) in [5, 5.41) is 22.2. The molecule has 0 amide bonds. The van der Waals surface area contributed by atoms with Crippen LogP contribution in [0.25, 0.3) is 10.8 Å². The van der Waals surface area contributed by atoms with Crippen LogP contribution in [0, 0.1) is 22.7 Å². The molecule has 0 atom stereocenters. The molecule has 0 fully saturated rings. The van der Waals surface area contributed by atoms with E-state index in [0.29, 0.717) is 0 Å². The Morgan fingerprint density at radius 2 is 2.06 bits per heavy atom. The highest BCUT2D eigenvalue weighted by molar-refractivity contribution is 5.93. The number of fused-ring (bicyclic) bond motifs is 1. The summed E-state index contributed by atoms with van der Waals surface area (Å²) >= 11 is 0. The number of nitrogens with zero attached hydrogens (tertiary/aromatic N) is 3. The van der Waals surface area contributed by atoms with Gasteiger partial charge in [0.1, 0.15) is 17.7 Å². The second-order valence-electron chi connectivity index (χ2n) is 3.33. The lowest BCUT2D eigenvalue weighted by Gasteiger charge is -2.05. The summed E-state index contributed by atoms with van der Waals surface area (Å²) in [7, 11) is 0. The van der Waals surface area contributed by atoms with E-state index in [0.717, 1.165) is 16.5 Å². The van der Waals surface area contributed by atoms with E-state index in [1.807, 2.05) is 24.3 Å². The first-order valence-corrected chi connectivity index (χ1v) is 4.95. The first kappa shape index (κ1) is 10.7. The van der Waals surface area contributed by atoms with Crippen molar-refractivity contribution in [2.24, 2.45) is 0 Å². The molecule has 0 spiro atoms. The van der Waals surface area contributed by atoms with Gasteiger partial charge in [-0.3, -0.25) is 4.98 Å². The molecule has 0 aliphatic rings. The van der Waals surface area contributed by atoms with Gasteiger partial charge in [0.05, 0.1) is 0 Å². The molecule has 0 saturated carbocycles. The fourth-order valence-electron chi connectivity index (χ4n) is 1.49. The van der Waals surface area contributed by atoms with Gasteiger partial charge < -0.3 is 5.32 Å². The van der Waals surface area contributed by atoms with Crippen LogP contribution in [0.3, 0.4) is 0 Å². The summed E-state index contributed by atoms with van der Waals surface area (Å²) in [4.78, 5) is 4.03. The van der Waals surface area contributed by atoms with Gasteiger partial charge in [-0.2, -0.15) is 10.5 Å². The van der Waals surface area contributed by atoms with Crippen LogP contribution in [0.1, 0.15) is 0 Å². The van der Waals surface area contributed by atoms with E-state index in [1.165, 1.54) is 6.20 Å². The molecule has 80 valence electrons. The molecular weight excluding hydrogens is 212 g/mol. The third-order valence-electron chi connectivity index (χ3n) is 2.29. The number of hydrogen-bond donors (Lipinski definition) is 1. The summed E-state index contributed by atoms with van der Waals surface area (Å²) in [5.74, 6) is 0. The fraction of sp³-hybridized carbons (Fsp3) is 0. The number of nitrogens with one attached hydrogen (secondary N) is 1. The fourth-order valence-corrected chi connectivity index (χ4v) is 1.49. The molecule has 0 aliphatic carbocycles. The van der Waals surface area contributed by atoms with Crippen molar-refractivity contribution in [1.29, 1.82) is 10.5 Å². The molecule has 1 heterocycles. The zero-order valence-electron chi connectivity index (χ0n) is 8.88. The second-order valence-corrected chi connectivity index (χ2v) is 3.33. The zero-order valence-corrected chi connectivity index (χ0v) is 8.88. The van der Waals surface area contributed by atoms with Gasteiger partial charge >= 0.3 is 0 Å². The third-order valence-corrected chi connectivity index (χ3v) is 2.29. The molecule has 4 heteroatoms. The maximum absolute atomic E-state index is 8.63. The number of aromatic nitrogens is 1. The molecule has 4 nitrogen and oxygen atoms in total. The predicted octanol–water partition coefficient (Wildman–Crippen LogP) is 2.58. The molecule has 1 N–H and O–H groups in total. The molecular formula is C13H8N4. The van der Waals surface area contributed by atoms with Gasteiger partial charge in [0, 0.05) is 35.1 Å². The Morgan fingerprint density at radius 1 is 1.24 bits per heavy atom. The van der Waals surface area contributed by atoms with Gasteiger partial charge in [-0.15, -0.1) is 0 Å². The topological polar surface area (TPSA) is 72.5 Å². The highest BCUT2D eigenvalue weighted by Gasteiger charge is 1.99. The molecule has 0 unspecified atom stereocenters. The Labute approximate surface area is 98.4 Å². The van der Waals surface area contributed by atoms with Gasteiger partial charge in [0.25, 0.3) is 0 Å². The Kier molecular flexibility index (Phi) is 3.00. The Hall–Kier alpha value is -2.85. The van der Waals surface area contributed by atoms with E-state index in [-0.39, 0.29) is 5.57 Å². The van der Waals surface area contributed by atoms with E-state index in [4.69, 9.17) is 10.5 Å². The van der Waals surface area contributed by atoms with E-state index in [1.54, 1.807) is 24.5 Å². The number of pyridine rings is 1. The summed E-state index contributed by atoms with van der Waals surface area (Å²) in [6.07, 6.45) is 4.86. The highest BCUT2D eigenvalue weighted by Crippen LogP contribution is 2.22. The van der Waals surface area contributed by atoms with Crippen LogP contribution in [-0.4, -0.2) is 4.98 Å². The van der Waals surface area contributed by atoms with Crippen LogP contribution in [0.15, 0.2) is 48.4 Å². The summed E-state index contributed by atoms with van der Waals surface area (Å²) in [6, 6.07) is 11.2. The minimum Gasteiger partial charge on any atom is -0.359 e. The summed E-state index contributed by atoms with van der Waals surface area (Å²) in [5.41, 5.74) is 0.879. The van der Waals surface area contributed by atoms with Crippen molar-refractivity contribution in [3.05, 3.63) is 48.4 Å². The molecule has 0 radical (unpaired) electrons. The Bertz CT molecular complexity index is 638. The molecule has 17 heavy (non-hydrogen) atoms. The average Bonchev–Trinajstić information content (AvgIpc) is 2.40. The third kappa shape index (κ3) is 2.22. The van der Waals surface area contributed by atoms with Gasteiger partial charge in [0.2, 0.25) is 0 Å². The number of benzene rings is 1. The maximum atomic E-state index is 8.63. The van der Waals surface area contributed by atoms with Gasteiger partial charge in [-0.1, -0.05) is 12.1 Å². The average molecular weight is 220 g/mol. The summed E-state index contributed by atoms with van der Waals surface area (Å²) < 4.78 is 0. The van der Waals surface area contributed by atoms with Crippen LogP contribution in [-0.2, 0) is 0 Å². The van der Waals surface area contributed by atoms with E-state index in [9.17, 15) is 0 Å². The number of hydrogen-bond acceptors (Lipinski definition) is 4. The van der Waals surface area contributed by atoms with Crippen molar-refractivity contribution in [3.63, 3.8) is 0 Å². The quantitative estimate of drug-likeness (QED) is 0.789. The van der Waals surface area contributed by atoms with E-state index >= 15 is 0 Å². The largest absolute Gasteiger partial charge is 0.359 e. The normalized spacial score (nSPS) is 9.06. The van der Waals surface area contributed by atoms with Gasteiger partial charge in [0.15, 0.2) is 0 Å². The smallest absolute Gasteiger partial charge is 0.145 e. The maximum Gasteiger partial charge on any atom is 0.145 e. The molecule has 0 bridgehead atoms. The monoisotopic (exact) mass is 220 g/mol. The molecule has 1 aromatic carbocycles. The standard InChI is InChI=1S/C13H8N4/c14-6-10(7-15)8-17-13-3-1-2-11-9-16-5-4-12(11)13/h1-5,8-9,17H. The van der Waals surface area contributed by atoms with Crippen molar-refractivity contribution in [1.82, 2.24) is 4.98 Å². The first-order valence-electron chi connectivity index (χ1n) is 4.95. The highest BCUT2D eigenvalue weighted by atomic mass is 14.8. The van der Waals surface area contributed by atoms with Crippen molar-refractivity contribution in [2.75, 3.05) is 5.32 Å². The molecule has 2 rings (SSSR count). The zero-order chi connectivity index (χ0) is 12.1. The molecule has 0 aliphatic heterocycles. The first-order chi connectivity index (χ1) is 8.35. The van der Waals surface area contributed by atoms with Crippen molar-refractivity contribution in [2.45, 2.75) is 0 Å². The van der Waals surface area contributed by atoms with Gasteiger partial charge in [-0.25, -0.2) is 0 Å². The molecule has 1 aromatic heterocycles. The number of rotatable bonds is 2. The summed E-state index contributed by atoms with van der Waals surface area (Å²) in [6.45, 7) is 0. The van der Waals surface area contributed by atoms with E-state index in [2.05, 4.69) is 10.3 Å². The van der Waals surface area contributed by atoms with Crippen LogP contribution < -0.4 is 5.32 Å². The minimum atomic E-state index is 0.0380. The lowest BCUT2D eigenvalue weighted by Crippen LogP contribution is -1.91. The van der Waals surface area contributed by atoms with Crippen LogP contribution in [0.2, 0.25) is 0 Å². The van der Waals surface area contributed by atoms with Crippen molar-refractivity contribution >= 4 is 16.5 Å². The SMILES string of the molecule is N#CC(C#N)=CNc1cccc2cnccc12. The number of allylic oxidation sites excluding steroid dienone is 1. The van der Waals surface area contributed by atoms with Crippen LogP contribution >= 0.6 is 0 Å². The number of anilines is 1.